The highest BCUT2D eigenvalue weighted by Crippen LogP contribution is 2.42. The summed E-state index contributed by atoms with van der Waals surface area (Å²) in [6.45, 7) is 0. The van der Waals surface area contributed by atoms with E-state index in [1.54, 1.807) is 0 Å². The predicted molar refractivity (Wildman–Crippen MR) is 86.5 cm³/mol. The fourth-order valence-corrected chi connectivity index (χ4v) is 4.32. The Morgan fingerprint density at radius 1 is 1.25 bits per heavy atom. The van der Waals surface area contributed by atoms with Gasteiger partial charge < -0.3 is 0 Å². The van der Waals surface area contributed by atoms with Crippen LogP contribution in [0.3, 0.4) is 0 Å². The number of fused-ring (bicyclic) bond motifs is 1. The quantitative estimate of drug-likeness (QED) is 0.634. The Hall–Kier alpha value is -0.580. The van der Waals surface area contributed by atoms with Crippen LogP contribution in [0, 0.1) is 0 Å². The fraction of sp³-hybridized carbons (Fsp3) is 0.333. The minimum Gasteiger partial charge on any atom is -0.271 e. The molecule has 3 N–H and O–H groups in total. The molecule has 0 bridgehead atoms. The third-order valence-electron chi connectivity index (χ3n) is 3.98. The number of halogens is 2. The molecule has 2 aromatic rings. The van der Waals surface area contributed by atoms with E-state index in [4.69, 9.17) is 29.0 Å². The first kappa shape index (κ1) is 14.4. The van der Waals surface area contributed by atoms with E-state index in [9.17, 15) is 0 Å². The molecule has 0 spiro atoms. The number of benzene rings is 1. The van der Waals surface area contributed by atoms with Gasteiger partial charge >= 0.3 is 0 Å². The largest absolute Gasteiger partial charge is 0.271 e. The van der Waals surface area contributed by atoms with E-state index >= 15 is 0 Å². The van der Waals surface area contributed by atoms with Gasteiger partial charge in [0.25, 0.3) is 0 Å². The fourth-order valence-electron chi connectivity index (χ4n) is 3.02. The molecule has 1 aromatic heterocycles. The van der Waals surface area contributed by atoms with Gasteiger partial charge in [0.1, 0.15) is 0 Å². The molecule has 1 aliphatic carbocycles. The summed E-state index contributed by atoms with van der Waals surface area (Å²) in [5.41, 5.74) is 5.48. The molecule has 0 radical (unpaired) electrons. The van der Waals surface area contributed by atoms with E-state index in [2.05, 4.69) is 16.9 Å². The van der Waals surface area contributed by atoms with Crippen molar-refractivity contribution in [3.8, 4) is 0 Å². The SMILES string of the molecule is NNC(c1ccc(Cl)c(Cl)c1)C1CCCc2sccc21. The first-order valence-electron chi connectivity index (χ1n) is 6.68. The van der Waals surface area contributed by atoms with E-state index in [-0.39, 0.29) is 6.04 Å². The summed E-state index contributed by atoms with van der Waals surface area (Å²) in [6.07, 6.45) is 3.53. The number of aryl methyl sites for hydroxylation is 1. The van der Waals surface area contributed by atoms with Gasteiger partial charge in [0, 0.05) is 10.8 Å². The van der Waals surface area contributed by atoms with Crippen molar-refractivity contribution < 1.29 is 0 Å². The molecule has 0 amide bonds. The van der Waals surface area contributed by atoms with Crippen molar-refractivity contribution in [3.05, 3.63) is 55.7 Å². The molecular formula is C15H16Cl2N2S. The van der Waals surface area contributed by atoms with Crippen LogP contribution < -0.4 is 11.3 Å². The molecule has 2 atom stereocenters. The van der Waals surface area contributed by atoms with Crippen molar-refractivity contribution in [1.29, 1.82) is 0 Å². The number of hydrogen-bond donors (Lipinski definition) is 2. The molecule has 5 heteroatoms. The monoisotopic (exact) mass is 326 g/mol. The molecule has 2 nitrogen and oxygen atoms in total. The van der Waals surface area contributed by atoms with Gasteiger partial charge in [-0.25, -0.2) is 0 Å². The Bertz CT molecular complexity index is 612. The van der Waals surface area contributed by atoms with Gasteiger partial charge in [-0.15, -0.1) is 11.3 Å². The van der Waals surface area contributed by atoms with Crippen LogP contribution >= 0.6 is 34.5 Å². The molecule has 0 saturated heterocycles. The maximum Gasteiger partial charge on any atom is 0.0595 e. The van der Waals surface area contributed by atoms with E-state index in [1.807, 2.05) is 29.5 Å². The van der Waals surface area contributed by atoms with Gasteiger partial charge in [0.05, 0.1) is 16.1 Å². The maximum absolute atomic E-state index is 6.13. The smallest absolute Gasteiger partial charge is 0.0595 e. The van der Waals surface area contributed by atoms with Crippen LogP contribution in [0.15, 0.2) is 29.6 Å². The molecule has 106 valence electrons. The van der Waals surface area contributed by atoms with E-state index in [1.165, 1.54) is 23.3 Å². The van der Waals surface area contributed by atoms with Crippen molar-refractivity contribution in [3.63, 3.8) is 0 Å². The number of hydrazine groups is 1. The van der Waals surface area contributed by atoms with Gasteiger partial charge in [-0.3, -0.25) is 11.3 Å². The van der Waals surface area contributed by atoms with Gasteiger partial charge in [-0.1, -0.05) is 29.3 Å². The van der Waals surface area contributed by atoms with Crippen molar-refractivity contribution >= 4 is 34.5 Å². The summed E-state index contributed by atoms with van der Waals surface area (Å²) in [5, 5.41) is 3.32. The normalized spacial score (nSPS) is 19.6. The molecule has 1 heterocycles. The Balaban J connectivity index is 1.97. The molecule has 20 heavy (non-hydrogen) atoms. The Morgan fingerprint density at radius 2 is 2.10 bits per heavy atom. The molecule has 1 aromatic carbocycles. The minimum absolute atomic E-state index is 0.0680. The maximum atomic E-state index is 6.13. The van der Waals surface area contributed by atoms with Crippen molar-refractivity contribution in [2.45, 2.75) is 31.2 Å². The highest BCUT2D eigenvalue weighted by Gasteiger charge is 2.29. The average molecular weight is 327 g/mol. The van der Waals surface area contributed by atoms with Gasteiger partial charge in [0.2, 0.25) is 0 Å². The summed E-state index contributed by atoms with van der Waals surface area (Å²) in [5.74, 6) is 6.22. The summed E-state index contributed by atoms with van der Waals surface area (Å²) >= 11 is 14.0. The topological polar surface area (TPSA) is 38.0 Å². The number of hydrogen-bond acceptors (Lipinski definition) is 3. The predicted octanol–water partition coefficient (Wildman–Crippen LogP) is 4.68. The Labute approximate surface area is 132 Å². The molecule has 2 unspecified atom stereocenters. The van der Waals surface area contributed by atoms with Gasteiger partial charge in [-0.05, 0) is 54.0 Å². The molecule has 0 aliphatic heterocycles. The molecule has 0 fully saturated rings. The second-order valence-electron chi connectivity index (χ2n) is 5.12. The van der Waals surface area contributed by atoms with Crippen LogP contribution in [0.5, 0.6) is 0 Å². The summed E-state index contributed by atoms with van der Waals surface area (Å²) in [7, 11) is 0. The zero-order valence-electron chi connectivity index (χ0n) is 10.9. The summed E-state index contributed by atoms with van der Waals surface area (Å²) in [4.78, 5) is 1.49. The van der Waals surface area contributed by atoms with Crippen molar-refractivity contribution in [2.75, 3.05) is 0 Å². The Kier molecular flexibility index (Phi) is 4.34. The van der Waals surface area contributed by atoms with E-state index in [0.29, 0.717) is 16.0 Å². The second-order valence-corrected chi connectivity index (χ2v) is 6.93. The number of thiophene rings is 1. The van der Waals surface area contributed by atoms with Crippen LogP contribution in [0.4, 0.5) is 0 Å². The van der Waals surface area contributed by atoms with E-state index < -0.39 is 0 Å². The highest BCUT2D eigenvalue weighted by molar-refractivity contribution is 7.10. The van der Waals surface area contributed by atoms with Crippen molar-refractivity contribution in [2.24, 2.45) is 5.84 Å². The first-order chi connectivity index (χ1) is 9.70. The van der Waals surface area contributed by atoms with Gasteiger partial charge in [-0.2, -0.15) is 0 Å². The average Bonchev–Trinajstić information content (AvgIpc) is 2.93. The van der Waals surface area contributed by atoms with Crippen LogP contribution in [-0.4, -0.2) is 0 Å². The lowest BCUT2D eigenvalue weighted by molar-refractivity contribution is 0.411. The standard InChI is InChI=1S/C15H16Cl2N2S/c16-12-5-4-9(8-13(12)17)15(19-18)11-2-1-3-14-10(11)6-7-20-14/h4-8,11,15,19H,1-3,18H2. The second kappa shape index (κ2) is 6.04. The molecular weight excluding hydrogens is 311 g/mol. The minimum atomic E-state index is 0.0680. The molecule has 3 rings (SSSR count). The van der Waals surface area contributed by atoms with E-state index in [0.717, 1.165) is 12.0 Å². The third kappa shape index (κ3) is 2.61. The lowest BCUT2D eigenvalue weighted by atomic mass is 9.80. The zero-order chi connectivity index (χ0) is 14.1. The number of rotatable bonds is 3. The lowest BCUT2D eigenvalue weighted by Crippen LogP contribution is -2.33. The van der Waals surface area contributed by atoms with Crippen LogP contribution in [0.2, 0.25) is 10.0 Å². The van der Waals surface area contributed by atoms with Crippen molar-refractivity contribution in [1.82, 2.24) is 5.43 Å². The molecule has 1 aliphatic rings. The summed E-state index contributed by atoms with van der Waals surface area (Å²) in [6, 6.07) is 8.04. The van der Waals surface area contributed by atoms with Crippen LogP contribution in [0.1, 0.15) is 40.8 Å². The third-order valence-corrected chi connectivity index (χ3v) is 5.72. The molecule has 0 saturated carbocycles. The van der Waals surface area contributed by atoms with Gasteiger partial charge in [0.15, 0.2) is 0 Å². The zero-order valence-corrected chi connectivity index (χ0v) is 13.2. The van der Waals surface area contributed by atoms with Crippen LogP contribution in [-0.2, 0) is 6.42 Å². The first-order valence-corrected chi connectivity index (χ1v) is 8.31. The Morgan fingerprint density at radius 3 is 2.85 bits per heavy atom. The lowest BCUT2D eigenvalue weighted by Gasteiger charge is -2.30. The van der Waals surface area contributed by atoms with Crippen LogP contribution in [0.25, 0.3) is 0 Å². The number of nitrogens with one attached hydrogen (secondary N) is 1. The highest BCUT2D eigenvalue weighted by atomic mass is 35.5. The number of nitrogens with two attached hydrogens (primary N) is 1. The summed E-state index contributed by atoms with van der Waals surface area (Å²) < 4.78 is 0.